The van der Waals surface area contributed by atoms with E-state index < -0.39 is 22.5 Å². The van der Waals surface area contributed by atoms with E-state index in [2.05, 4.69) is 0 Å². The highest BCUT2D eigenvalue weighted by atomic mass is 35.5. The fraction of sp³-hybridized carbons (Fsp3) is 0.235. The third kappa shape index (κ3) is 4.87. The summed E-state index contributed by atoms with van der Waals surface area (Å²) < 4.78 is 32.4. The van der Waals surface area contributed by atoms with Crippen LogP contribution in [-0.4, -0.2) is 27.5 Å². The quantitative estimate of drug-likeness (QED) is 0.404. The van der Waals surface area contributed by atoms with Crippen LogP contribution in [0.15, 0.2) is 53.4 Å². The first-order valence-corrected chi connectivity index (χ1v) is 9.71. The van der Waals surface area contributed by atoms with E-state index in [0.717, 1.165) is 10.7 Å². The lowest BCUT2D eigenvalue weighted by Gasteiger charge is -2.24. The minimum Gasteiger partial charge on any atom is -0.494 e. The Morgan fingerprint density at radius 1 is 1.15 bits per heavy atom. The Kier molecular flexibility index (Phi) is 6.84. The minimum absolute atomic E-state index is 0.0121. The van der Waals surface area contributed by atoms with Gasteiger partial charge in [-0.3, -0.25) is 14.5 Å². The zero-order chi connectivity index (χ0) is 19.2. The second kappa shape index (κ2) is 8.88. The van der Waals surface area contributed by atoms with Crippen molar-refractivity contribution in [1.82, 2.24) is 5.43 Å². The molecule has 3 N–H and O–H groups in total. The number of ether oxygens (including phenoxy) is 1. The number of anilines is 1. The summed E-state index contributed by atoms with van der Waals surface area (Å²) in [5.74, 6) is 5.09. The summed E-state index contributed by atoms with van der Waals surface area (Å²) in [6.45, 7) is 2.08. The van der Waals surface area contributed by atoms with E-state index in [9.17, 15) is 13.2 Å². The summed E-state index contributed by atoms with van der Waals surface area (Å²) in [6.07, 6.45) is 0.857. The molecule has 0 atom stereocenters. The van der Waals surface area contributed by atoms with Gasteiger partial charge in [0.15, 0.2) is 0 Å². The first kappa shape index (κ1) is 20.0. The molecule has 0 aliphatic heterocycles. The molecule has 0 aromatic heterocycles. The first-order chi connectivity index (χ1) is 12.4. The van der Waals surface area contributed by atoms with Gasteiger partial charge >= 0.3 is 0 Å². The highest BCUT2D eigenvalue weighted by molar-refractivity contribution is 7.92. The number of rotatable bonds is 8. The van der Waals surface area contributed by atoms with Crippen molar-refractivity contribution in [3.63, 3.8) is 0 Å². The maximum atomic E-state index is 13.0. The van der Waals surface area contributed by atoms with Crippen LogP contribution >= 0.6 is 11.6 Å². The van der Waals surface area contributed by atoms with Crippen molar-refractivity contribution in [2.45, 2.75) is 18.2 Å². The van der Waals surface area contributed by atoms with Gasteiger partial charge in [-0.15, -0.1) is 0 Å². The van der Waals surface area contributed by atoms with Crippen LogP contribution in [0.25, 0.3) is 0 Å². The maximum absolute atomic E-state index is 13.0. The van der Waals surface area contributed by atoms with E-state index in [-0.39, 0.29) is 4.90 Å². The van der Waals surface area contributed by atoms with Crippen molar-refractivity contribution in [1.29, 1.82) is 0 Å². The van der Waals surface area contributed by atoms with Crippen LogP contribution in [-0.2, 0) is 14.8 Å². The molecule has 0 radical (unpaired) electrons. The average Bonchev–Trinajstić information content (AvgIpc) is 2.65. The average molecular weight is 398 g/mol. The van der Waals surface area contributed by atoms with Crippen LogP contribution in [0.3, 0.4) is 0 Å². The molecule has 1 amide bonds. The number of hydrogen-bond donors (Lipinski definition) is 2. The fourth-order valence-corrected chi connectivity index (χ4v) is 3.70. The molecular formula is C17H20ClN3O4S. The van der Waals surface area contributed by atoms with Gasteiger partial charge in [-0.1, -0.05) is 18.5 Å². The second-order valence-corrected chi connectivity index (χ2v) is 7.67. The van der Waals surface area contributed by atoms with Gasteiger partial charge in [0.1, 0.15) is 12.3 Å². The van der Waals surface area contributed by atoms with Gasteiger partial charge in [0.2, 0.25) is 0 Å². The molecule has 0 heterocycles. The van der Waals surface area contributed by atoms with Crippen molar-refractivity contribution in [2.24, 2.45) is 5.84 Å². The number of benzene rings is 2. The Hall–Kier alpha value is -2.29. The normalized spacial score (nSPS) is 11.0. The van der Waals surface area contributed by atoms with Crippen molar-refractivity contribution in [2.75, 3.05) is 17.5 Å². The molecular weight excluding hydrogens is 378 g/mol. The topological polar surface area (TPSA) is 102 Å². The number of nitrogens with two attached hydrogens (primary N) is 1. The van der Waals surface area contributed by atoms with E-state index in [1.165, 1.54) is 24.3 Å². The van der Waals surface area contributed by atoms with Gasteiger partial charge in [-0.05, 0) is 55.0 Å². The Morgan fingerprint density at radius 2 is 1.77 bits per heavy atom. The van der Waals surface area contributed by atoms with Gasteiger partial charge in [0, 0.05) is 5.02 Å². The van der Waals surface area contributed by atoms with E-state index >= 15 is 0 Å². The third-order valence-electron chi connectivity index (χ3n) is 3.45. The smallest absolute Gasteiger partial charge is 0.264 e. The highest BCUT2D eigenvalue weighted by Crippen LogP contribution is 2.26. The summed E-state index contributed by atoms with van der Waals surface area (Å²) in [7, 11) is -3.99. The number of halogens is 1. The lowest BCUT2D eigenvalue weighted by molar-refractivity contribution is -0.119. The summed E-state index contributed by atoms with van der Waals surface area (Å²) in [5.41, 5.74) is 2.26. The summed E-state index contributed by atoms with van der Waals surface area (Å²) >= 11 is 5.82. The van der Waals surface area contributed by atoms with Crippen molar-refractivity contribution < 1.29 is 17.9 Å². The van der Waals surface area contributed by atoms with E-state index in [1.807, 2.05) is 12.3 Å². The number of nitrogens with one attached hydrogen (secondary N) is 1. The standard InChI is InChI=1S/C17H20ClN3O4S/c1-2-11-25-15-7-5-14(6-8-15)21(12-17(22)20-19)26(23,24)16-9-3-13(18)4-10-16/h3-10H,2,11-12,19H2,1H3,(H,20,22). The van der Waals surface area contributed by atoms with Crippen LogP contribution < -0.4 is 20.3 Å². The minimum atomic E-state index is -3.99. The number of sulfonamides is 1. The molecule has 2 rings (SSSR count). The number of hydrogen-bond acceptors (Lipinski definition) is 5. The van der Waals surface area contributed by atoms with Crippen LogP contribution in [0.4, 0.5) is 5.69 Å². The lowest BCUT2D eigenvalue weighted by Crippen LogP contribution is -2.43. The molecule has 26 heavy (non-hydrogen) atoms. The molecule has 0 bridgehead atoms. The number of nitrogens with zero attached hydrogens (tertiary/aromatic N) is 1. The summed E-state index contributed by atoms with van der Waals surface area (Å²) in [5, 5.41) is 0.410. The molecule has 2 aromatic carbocycles. The Bertz CT molecular complexity index is 839. The molecule has 0 spiro atoms. The Balaban J connectivity index is 2.39. The lowest BCUT2D eigenvalue weighted by atomic mass is 10.3. The fourth-order valence-electron chi connectivity index (χ4n) is 2.15. The van der Waals surface area contributed by atoms with E-state index in [1.54, 1.807) is 24.3 Å². The van der Waals surface area contributed by atoms with Crippen molar-refractivity contribution in [3.05, 3.63) is 53.6 Å². The highest BCUT2D eigenvalue weighted by Gasteiger charge is 2.27. The molecule has 0 fully saturated rings. The van der Waals surface area contributed by atoms with Crippen LogP contribution in [0.5, 0.6) is 5.75 Å². The number of hydrazine groups is 1. The first-order valence-electron chi connectivity index (χ1n) is 7.89. The molecule has 9 heteroatoms. The largest absolute Gasteiger partial charge is 0.494 e. The zero-order valence-corrected chi connectivity index (χ0v) is 15.8. The van der Waals surface area contributed by atoms with Crippen LogP contribution in [0.2, 0.25) is 5.02 Å². The molecule has 7 nitrogen and oxygen atoms in total. The predicted molar refractivity (Wildman–Crippen MR) is 101 cm³/mol. The van der Waals surface area contributed by atoms with Crippen molar-refractivity contribution in [3.8, 4) is 5.75 Å². The molecule has 140 valence electrons. The van der Waals surface area contributed by atoms with Gasteiger partial charge in [-0.25, -0.2) is 14.3 Å². The summed E-state index contributed by atoms with van der Waals surface area (Å²) in [6, 6.07) is 12.1. The summed E-state index contributed by atoms with van der Waals surface area (Å²) in [4.78, 5) is 11.8. The third-order valence-corrected chi connectivity index (χ3v) is 5.49. The van der Waals surface area contributed by atoms with Gasteiger partial charge < -0.3 is 4.74 Å². The van der Waals surface area contributed by atoms with Gasteiger partial charge in [0.25, 0.3) is 15.9 Å². The van der Waals surface area contributed by atoms with Gasteiger partial charge in [-0.2, -0.15) is 0 Å². The molecule has 0 saturated heterocycles. The Morgan fingerprint density at radius 3 is 2.31 bits per heavy atom. The van der Waals surface area contributed by atoms with Crippen LogP contribution in [0.1, 0.15) is 13.3 Å². The number of amides is 1. The number of carbonyl (C=O) groups is 1. The molecule has 2 aromatic rings. The van der Waals surface area contributed by atoms with Crippen LogP contribution in [0, 0.1) is 0 Å². The molecule has 0 aliphatic carbocycles. The zero-order valence-electron chi connectivity index (χ0n) is 14.2. The van der Waals surface area contributed by atoms with E-state index in [0.29, 0.717) is 23.1 Å². The monoisotopic (exact) mass is 397 g/mol. The SMILES string of the molecule is CCCOc1ccc(N(CC(=O)NN)S(=O)(=O)c2ccc(Cl)cc2)cc1. The predicted octanol–water partition coefficient (Wildman–Crippen LogP) is 2.31. The molecule has 0 aliphatic rings. The van der Waals surface area contributed by atoms with Crippen molar-refractivity contribution >= 4 is 33.2 Å². The molecule has 0 saturated carbocycles. The Labute approximate surface area is 157 Å². The van der Waals surface area contributed by atoms with Gasteiger partial charge in [0.05, 0.1) is 17.2 Å². The second-order valence-electron chi connectivity index (χ2n) is 5.38. The maximum Gasteiger partial charge on any atom is 0.264 e. The van der Waals surface area contributed by atoms with E-state index in [4.69, 9.17) is 22.2 Å². The number of carbonyl (C=O) groups excluding carboxylic acids is 1. The molecule has 0 unspecified atom stereocenters.